The standard InChI is InChI=1S/C19H22FNO4S/c20-26-25-17(16(21)11-14-7-3-1-4-8-14)13-19(24,18(22)23)12-15-9-5-2-6-10-15/h1-10,16-17,24H,11-13,21H2,(H,22,23). The number of rotatable bonds is 10. The minimum absolute atomic E-state index is 0.127. The molecule has 0 radical (unpaired) electrons. The first-order valence-corrected chi connectivity index (χ1v) is 8.82. The lowest BCUT2D eigenvalue weighted by Crippen LogP contribution is -2.49. The van der Waals surface area contributed by atoms with Crippen LogP contribution in [0.4, 0.5) is 3.89 Å². The van der Waals surface area contributed by atoms with Gasteiger partial charge in [-0.15, -0.1) is 3.89 Å². The molecule has 0 aliphatic carbocycles. The molecule has 4 N–H and O–H groups in total. The molecule has 0 aliphatic heterocycles. The Hall–Kier alpha value is -1.93. The molecular weight excluding hydrogens is 357 g/mol. The van der Waals surface area contributed by atoms with Crippen molar-refractivity contribution in [3.63, 3.8) is 0 Å². The van der Waals surface area contributed by atoms with Crippen molar-refractivity contribution in [2.24, 2.45) is 5.73 Å². The minimum atomic E-state index is -2.12. The molecule has 2 aromatic carbocycles. The second kappa shape index (κ2) is 9.68. The average Bonchev–Trinajstić information content (AvgIpc) is 2.63. The lowest BCUT2D eigenvalue weighted by Gasteiger charge is -2.30. The summed E-state index contributed by atoms with van der Waals surface area (Å²) in [5.41, 5.74) is 5.58. The molecule has 0 saturated carbocycles. The highest BCUT2D eigenvalue weighted by Gasteiger charge is 2.41. The van der Waals surface area contributed by atoms with Gasteiger partial charge < -0.3 is 15.9 Å². The molecule has 3 unspecified atom stereocenters. The monoisotopic (exact) mass is 379 g/mol. The summed E-state index contributed by atoms with van der Waals surface area (Å²) in [6, 6.07) is 17.4. The number of halogens is 1. The number of aliphatic hydroxyl groups is 1. The fraction of sp³-hybridized carbons (Fsp3) is 0.316. The average molecular weight is 379 g/mol. The fourth-order valence-electron chi connectivity index (χ4n) is 2.82. The van der Waals surface area contributed by atoms with Crippen molar-refractivity contribution >= 4 is 18.4 Å². The highest BCUT2D eigenvalue weighted by molar-refractivity contribution is 7.89. The van der Waals surface area contributed by atoms with E-state index in [1.165, 1.54) is 0 Å². The van der Waals surface area contributed by atoms with E-state index >= 15 is 0 Å². The third-order valence-corrected chi connectivity index (χ3v) is 4.55. The van der Waals surface area contributed by atoms with E-state index in [0.29, 0.717) is 12.0 Å². The molecule has 3 atom stereocenters. The number of carboxylic acids is 1. The predicted octanol–water partition coefficient (Wildman–Crippen LogP) is 2.92. The van der Waals surface area contributed by atoms with E-state index in [1.54, 1.807) is 30.3 Å². The summed E-state index contributed by atoms with van der Waals surface area (Å²) in [4.78, 5) is 11.7. The van der Waals surface area contributed by atoms with Gasteiger partial charge in [0.05, 0.1) is 6.10 Å². The van der Waals surface area contributed by atoms with Crippen molar-refractivity contribution in [1.29, 1.82) is 0 Å². The van der Waals surface area contributed by atoms with E-state index in [1.807, 2.05) is 30.3 Å². The van der Waals surface area contributed by atoms with Crippen LogP contribution < -0.4 is 5.73 Å². The largest absolute Gasteiger partial charge is 0.479 e. The second-order valence-corrected chi connectivity index (χ2v) is 6.57. The van der Waals surface area contributed by atoms with Gasteiger partial charge in [-0.05, 0) is 17.5 Å². The highest BCUT2D eigenvalue weighted by Crippen LogP contribution is 2.26. The maximum Gasteiger partial charge on any atom is 0.336 e. The van der Waals surface area contributed by atoms with Gasteiger partial charge in [0.1, 0.15) is 0 Å². The van der Waals surface area contributed by atoms with Crippen LogP contribution in [0, 0.1) is 0 Å². The third kappa shape index (κ3) is 5.81. The Bertz CT molecular complexity index is 688. The Morgan fingerprint density at radius 3 is 2.15 bits per heavy atom. The third-order valence-electron chi connectivity index (χ3n) is 4.23. The molecule has 0 fully saturated rings. The van der Waals surface area contributed by atoms with Gasteiger partial charge in [-0.1, -0.05) is 60.7 Å². The summed E-state index contributed by atoms with van der Waals surface area (Å²) in [7, 11) is 0. The minimum Gasteiger partial charge on any atom is -0.479 e. The van der Waals surface area contributed by atoms with E-state index in [-0.39, 0.29) is 25.3 Å². The van der Waals surface area contributed by atoms with Gasteiger partial charge in [0.15, 0.2) is 5.60 Å². The number of hydrogen-bond acceptors (Lipinski definition) is 5. The van der Waals surface area contributed by atoms with Crippen molar-refractivity contribution in [3.8, 4) is 0 Å². The van der Waals surface area contributed by atoms with Crippen LogP contribution >= 0.6 is 12.4 Å². The van der Waals surface area contributed by atoms with Gasteiger partial charge in [-0.2, -0.15) is 0 Å². The Labute approximate surface area is 156 Å². The number of nitrogens with two attached hydrogens (primary N) is 1. The van der Waals surface area contributed by atoms with Gasteiger partial charge in [-0.3, -0.25) is 4.18 Å². The van der Waals surface area contributed by atoms with Crippen molar-refractivity contribution in [1.82, 2.24) is 0 Å². The molecule has 0 bridgehead atoms. The van der Waals surface area contributed by atoms with Crippen LogP contribution in [0.2, 0.25) is 0 Å². The Morgan fingerprint density at radius 2 is 1.65 bits per heavy atom. The molecule has 0 spiro atoms. The molecular formula is C19H22FNO4S. The van der Waals surface area contributed by atoms with Gasteiger partial charge >= 0.3 is 5.97 Å². The maximum absolute atomic E-state index is 12.8. The quantitative estimate of drug-likeness (QED) is 0.550. The zero-order chi connectivity index (χ0) is 19.0. The van der Waals surface area contributed by atoms with Crippen LogP contribution in [0.25, 0.3) is 0 Å². The molecule has 2 rings (SSSR count). The normalized spacial score (nSPS) is 15.8. The Morgan fingerprint density at radius 1 is 1.12 bits per heavy atom. The summed E-state index contributed by atoms with van der Waals surface area (Å²) in [5, 5.41) is 20.2. The lowest BCUT2D eigenvalue weighted by atomic mass is 9.86. The van der Waals surface area contributed by atoms with Crippen LogP contribution in [-0.2, 0) is 21.8 Å². The number of hydrogen-bond donors (Lipinski definition) is 3. The summed E-state index contributed by atoms with van der Waals surface area (Å²) in [6.45, 7) is 0. The van der Waals surface area contributed by atoms with Crippen molar-refractivity contribution in [2.45, 2.75) is 37.0 Å². The molecule has 2 aromatic rings. The SMILES string of the molecule is NC(Cc1ccccc1)C(CC(O)(Cc1ccccc1)C(=O)O)OSF. The molecule has 140 valence electrons. The topological polar surface area (TPSA) is 92.8 Å². The maximum atomic E-state index is 12.8. The molecule has 0 aliphatic rings. The summed E-state index contributed by atoms with van der Waals surface area (Å²) >= 11 is -0.377. The number of carbonyl (C=O) groups is 1. The van der Waals surface area contributed by atoms with Gasteiger partial charge in [0.2, 0.25) is 12.4 Å². The summed E-state index contributed by atoms with van der Waals surface area (Å²) < 4.78 is 17.7. The highest BCUT2D eigenvalue weighted by atomic mass is 32.2. The van der Waals surface area contributed by atoms with Crippen LogP contribution in [0.5, 0.6) is 0 Å². The first-order valence-electron chi connectivity index (χ1n) is 8.18. The van der Waals surface area contributed by atoms with Crippen LogP contribution in [-0.4, -0.2) is 33.9 Å². The Balaban J connectivity index is 2.14. The summed E-state index contributed by atoms with van der Waals surface area (Å²) in [6.07, 6.45) is -1.07. The molecule has 0 amide bonds. The molecule has 7 heteroatoms. The number of benzene rings is 2. The van der Waals surface area contributed by atoms with E-state index < -0.39 is 23.7 Å². The number of aliphatic carboxylic acids is 1. The molecule has 0 saturated heterocycles. The van der Waals surface area contributed by atoms with E-state index in [9.17, 15) is 18.9 Å². The Kier molecular flexibility index (Phi) is 7.59. The van der Waals surface area contributed by atoms with Crippen molar-refractivity contribution in [2.75, 3.05) is 0 Å². The van der Waals surface area contributed by atoms with Gasteiger partial charge in [0.25, 0.3) is 0 Å². The fourth-order valence-corrected chi connectivity index (χ4v) is 3.13. The molecule has 26 heavy (non-hydrogen) atoms. The van der Waals surface area contributed by atoms with E-state index in [0.717, 1.165) is 5.56 Å². The lowest BCUT2D eigenvalue weighted by molar-refractivity contribution is -0.161. The smallest absolute Gasteiger partial charge is 0.336 e. The molecule has 0 aromatic heterocycles. The van der Waals surface area contributed by atoms with E-state index in [4.69, 9.17) is 9.92 Å². The summed E-state index contributed by atoms with van der Waals surface area (Å²) in [5.74, 6) is -1.40. The van der Waals surface area contributed by atoms with Crippen LogP contribution in [0.3, 0.4) is 0 Å². The second-order valence-electron chi connectivity index (χ2n) is 6.25. The van der Waals surface area contributed by atoms with Gasteiger partial charge in [-0.25, -0.2) is 4.79 Å². The first kappa shape index (κ1) is 20.4. The molecule has 5 nitrogen and oxygen atoms in total. The zero-order valence-corrected chi connectivity index (χ0v) is 14.9. The van der Waals surface area contributed by atoms with Crippen LogP contribution in [0.15, 0.2) is 60.7 Å². The number of carboxylic acid groups (broad SMARTS) is 1. The van der Waals surface area contributed by atoms with Gasteiger partial charge in [0, 0.05) is 18.9 Å². The van der Waals surface area contributed by atoms with E-state index in [2.05, 4.69) is 0 Å². The van der Waals surface area contributed by atoms with Crippen molar-refractivity contribution in [3.05, 3.63) is 71.8 Å². The predicted molar refractivity (Wildman–Crippen MR) is 99.0 cm³/mol. The molecule has 0 heterocycles. The first-order chi connectivity index (χ1) is 12.4. The zero-order valence-electron chi connectivity index (χ0n) is 14.1. The van der Waals surface area contributed by atoms with Crippen molar-refractivity contribution < 1.29 is 23.1 Å². The van der Waals surface area contributed by atoms with Crippen LogP contribution in [0.1, 0.15) is 17.5 Å².